The van der Waals surface area contributed by atoms with Crippen molar-refractivity contribution in [1.29, 1.82) is 0 Å². The van der Waals surface area contributed by atoms with Crippen molar-refractivity contribution in [2.45, 2.75) is 12.8 Å². The molecule has 0 amide bonds. The third-order valence-corrected chi connectivity index (χ3v) is 2.82. The molecule has 3 nitrogen and oxygen atoms in total. The quantitative estimate of drug-likeness (QED) is 0.619. The molecule has 0 aliphatic carbocycles. The second-order valence-corrected chi connectivity index (χ2v) is 3.82. The molecule has 2 bridgehead atoms. The Morgan fingerprint density at radius 3 is 3.07 bits per heavy atom. The Morgan fingerprint density at radius 2 is 2.43 bits per heavy atom. The zero-order valence-corrected chi connectivity index (χ0v) is 9.18. The van der Waals surface area contributed by atoms with Crippen molar-refractivity contribution < 1.29 is 9.53 Å². The van der Waals surface area contributed by atoms with E-state index in [1.807, 2.05) is 0 Å². The summed E-state index contributed by atoms with van der Waals surface area (Å²) in [7, 11) is 1.45. The highest BCUT2D eigenvalue weighted by Crippen LogP contribution is 2.24. The first-order chi connectivity index (χ1) is 6.29. The molecular weight excluding hydrogens is 202 g/mol. The van der Waals surface area contributed by atoms with Crippen molar-refractivity contribution in [3.63, 3.8) is 0 Å². The third-order valence-electron chi connectivity index (χ3n) is 2.82. The Bertz CT molecular complexity index is 253. The maximum absolute atomic E-state index is 11.3. The third kappa shape index (κ3) is 2.28. The van der Waals surface area contributed by atoms with E-state index in [2.05, 4.69) is 11.0 Å². The van der Waals surface area contributed by atoms with Gasteiger partial charge >= 0.3 is 5.97 Å². The van der Waals surface area contributed by atoms with Crippen LogP contribution in [0.15, 0.2) is 11.6 Å². The van der Waals surface area contributed by atoms with Crippen LogP contribution in [0.5, 0.6) is 0 Å². The number of piperidine rings is 1. The standard InChI is InChI=1S/C10H15NO2.ClH/c1-13-10(12)9-5-8-3-2-4-11(6-8)7-9;/h5,8H,2-4,6-7H2,1H3;1H. The van der Waals surface area contributed by atoms with Gasteiger partial charge in [-0.3, -0.25) is 4.90 Å². The number of ether oxygens (including phenoxy) is 1. The Morgan fingerprint density at radius 1 is 1.64 bits per heavy atom. The van der Waals surface area contributed by atoms with E-state index in [0.717, 1.165) is 25.2 Å². The monoisotopic (exact) mass is 217 g/mol. The van der Waals surface area contributed by atoms with Gasteiger partial charge in [0.25, 0.3) is 0 Å². The van der Waals surface area contributed by atoms with Crippen LogP contribution in [0, 0.1) is 5.92 Å². The molecule has 80 valence electrons. The lowest BCUT2D eigenvalue weighted by molar-refractivity contribution is -0.136. The van der Waals surface area contributed by atoms with Gasteiger partial charge in [0.05, 0.1) is 7.11 Å². The summed E-state index contributed by atoms with van der Waals surface area (Å²) in [6, 6.07) is 0. The lowest BCUT2D eigenvalue weighted by atomic mass is 9.91. The van der Waals surface area contributed by atoms with Gasteiger partial charge in [-0.15, -0.1) is 12.4 Å². The van der Waals surface area contributed by atoms with E-state index in [-0.39, 0.29) is 18.4 Å². The Labute approximate surface area is 90.5 Å². The molecule has 2 aliphatic heterocycles. The molecule has 0 aromatic rings. The molecule has 1 fully saturated rings. The lowest BCUT2D eigenvalue weighted by Crippen LogP contribution is -2.41. The summed E-state index contributed by atoms with van der Waals surface area (Å²) >= 11 is 0. The van der Waals surface area contributed by atoms with Gasteiger partial charge in [0.1, 0.15) is 0 Å². The first-order valence-corrected chi connectivity index (χ1v) is 4.81. The summed E-state index contributed by atoms with van der Waals surface area (Å²) in [5.41, 5.74) is 0.846. The number of fused-ring (bicyclic) bond motifs is 2. The molecule has 0 aromatic heterocycles. The average Bonchev–Trinajstić information content (AvgIpc) is 2.16. The number of hydrogen-bond acceptors (Lipinski definition) is 3. The average molecular weight is 218 g/mol. The fraction of sp³-hybridized carbons (Fsp3) is 0.700. The van der Waals surface area contributed by atoms with Crippen molar-refractivity contribution >= 4 is 18.4 Å². The van der Waals surface area contributed by atoms with Gasteiger partial charge in [-0.05, 0) is 25.3 Å². The van der Waals surface area contributed by atoms with Crippen LogP contribution in [0.2, 0.25) is 0 Å². The van der Waals surface area contributed by atoms with Crippen LogP contribution in [-0.4, -0.2) is 37.6 Å². The second kappa shape index (κ2) is 4.80. The number of nitrogens with zero attached hydrogens (tertiary/aromatic N) is 1. The normalized spacial score (nSPS) is 29.9. The second-order valence-electron chi connectivity index (χ2n) is 3.82. The van der Waals surface area contributed by atoms with Crippen molar-refractivity contribution in [2.24, 2.45) is 5.92 Å². The number of methoxy groups -OCH3 is 1. The van der Waals surface area contributed by atoms with Gasteiger partial charge in [-0.2, -0.15) is 0 Å². The van der Waals surface area contributed by atoms with E-state index in [1.165, 1.54) is 20.0 Å². The number of rotatable bonds is 1. The molecule has 2 aliphatic rings. The van der Waals surface area contributed by atoms with E-state index in [1.54, 1.807) is 0 Å². The minimum absolute atomic E-state index is 0. The molecule has 0 spiro atoms. The Kier molecular flexibility index (Phi) is 3.96. The number of esters is 1. The van der Waals surface area contributed by atoms with Crippen LogP contribution in [0.3, 0.4) is 0 Å². The van der Waals surface area contributed by atoms with Gasteiger partial charge < -0.3 is 4.74 Å². The summed E-state index contributed by atoms with van der Waals surface area (Å²) in [6.45, 7) is 3.04. The first-order valence-electron chi connectivity index (χ1n) is 4.81. The van der Waals surface area contributed by atoms with Crippen LogP contribution in [-0.2, 0) is 9.53 Å². The molecular formula is C10H16ClNO2. The zero-order chi connectivity index (χ0) is 9.26. The maximum Gasteiger partial charge on any atom is 0.334 e. The molecule has 4 heteroatoms. The first kappa shape index (κ1) is 11.5. The molecule has 2 rings (SSSR count). The number of hydrogen-bond donors (Lipinski definition) is 0. The molecule has 2 unspecified atom stereocenters. The summed E-state index contributed by atoms with van der Waals surface area (Å²) in [6.07, 6.45) is 4.58. The van der Waals surface area contributed by atoms with Crippen LogP contribution >= 0.6 is 12.4 Å². The van der Waals surface area contributed by atoms with Crippen LogP contribution in [0.1, 0.15) is 12.8 Å². The summed E-state index contributed by atoms with van der Waals surface area (Å²) < 4.78 is 4.72. The minimum atomic E-state index is -0.156. The van der Waals surface area contributed by atoms with Crippen molar-refractivity contribution in [2.75, 3.05) is 26.7 Å². The lowest BCUT2D eigenvalue weighted by Gasteiger charge is -2.35. The van der Waals surface area contributed by atoms with Crippen molar-refractivity contribution in [3.8, 4) is 0 Å². The van der Waals surface area contributed by atoms with Gasteiger partial charge in [0, 0.05) is 18.7 Å². The highest BCUT2D eigenvalue weighted by molar-refractivity contribution is 5.89. The van der Waals surface area contributed by atoms with Gasteiger partial charge in [0.15, 0.2) is 0 Å². The molecule has 0 saturated carbocycles. The molecule has 0 N–H and O–H groups in total. The smallest absolute Gasteiger partial charge is 0.334 e. The van der Waals surface area contributed by atoms with Gasteiger partial charge in [-0.25, -0.2) is 4.79 Å². The summed E-state index contributed by atoms with van der Waals surface area (Å²) in [5.74, 6) is 0.424. The van der Waals surface area contributed by atoms with E-state index in [9.17, 15) is 4.79 Å². The Hall–Kier alpha value is -0.540. The highest BCUT2D eigenvalue weighted by Gasteiger charge is 2.26. The highest BCUT2D eigenvalue weighted by atomic mass is 35.5. The van der Waals surface area contributed by atoms with E-state index >= 15 is 0 Å². The molecule has 0 aromatic carbocycles. The SMILES string of the molecule is COC(=O)C1=CC2CCCN(C1)C2.Cl. The van der Waals surface area contributed by atoms with Crippen molar-refractivity contribution in [3.05, 3.63) is 11.6 Å². The number of carbonyl (C=O) groups excluding carboxylic acids is 1. The molecule has 0 radical (unpaired) electrons. The zero-order valence-electron chi connectivity index (χ0n) is 8.36. The topological polar surface area (TPSA) is 29.5 Å². The maximum atomic E-state index is 11.3. The van der Waals surface area contributed by atoms with E-state index in [0.29, 0.717) is 5.92 Å². The van der Waals surface area contributed by atoms with E-state index < -0.39 is 0 Å². The largest absolute Gasteiger partial charge is 0.466 e. The Balaban J connectivity index is 0.000000980. The fourth-order valence-electron chi connectivity index (χ4n) is 2.21. The number of halogens is 1. The summed E-state index contributed by atoms with van der Waals surface area (Å²) in [5, 5.41) is 0. The number of carbonyl (C=O) groups is 1. The van der Waals surface area contributed by atoms with E-state index in [4.69, 9.17) is 4.74 Å². The van der Waals surface area contributed by atoms with Gasteiger partial charge in [-0.1, -0.05) is 6.08 Å². The summed E-state index contributed by atoms with van der Waals surface area (Å²) in [4.78, 5) is 13.6. The molecule has 14 heavy (non-hydrogen) atoms. The van der Waals surface area contributed by atoms with Crippen molar-refractivity contribution in [1.82, 2.24) is 4.90 Å². The molecule has 2 heterocycles. The molecule has 1 saturated heterocycles. The predicted octanol–water partition coefficient (Wildman–Crippen LogP) is 1.23. The predicted molar refractivity (Wildman–Crippen MR) is 56.5 cm³/mol. The minimum Gasteiger partial charge on any atom is -0.466 e. The molecule has 2 atom stereocenters. The van der Waals surface area contributed by atoms with Crippen LogP contribution in [0.25, 0.3) is 0 Å². The van der Waals surface area contributed by atoms with Crippen LogP contribution < -0.4 is 0 Å². The van der Waals surface area contributed by atoms with Gasteiger partial charge in [0.2, 0.25) is 0 Å². The van der Waals surface area contributed by atoms with Crippen LogP contribution in [0.4, 0.5) is 0 Å². The fourth-order valence-corrected chi connectivity index (χ4v) is 2.21.